The van der Waals surface area contributed by atoms with Crippen molar-refractivity contribution in [1.82, 2.24) is 4.98 Å². The Morgan fingerprint density at radius 2 is 1.80 bits per heavy atom. The van der Waals surface area contributed by atoms with Gasteiger partial charge in [-0.25, -0.2) is 4.79 Å². The van der Waals surface area contributed by atoms with Crippen molar-refractivity contribution in [2.75, 3.05) is 6.61 Å². The summed E-state index contributed by atoms with van der Waals surface area (Å²) in [4.78, 5) is 28.6. The predicted octanol–water partition coefficient (Wildman–Crippen LogP) is 6.05. The van der Waals surface area contributed by atoms with E-state index >= 15 is 0 Å². The third-order valence-corrected chi connectivity index (χ3v) is 8.85. The van der Waals surface area contributed by atoms with E-state index in [2.05, 4.69) is 52.7 Å². The summed E-state index contributed by atoms with van der Waals surface area (Å²) in [7, 11) is -1.36. The third-order valence-electron chi connectivity index (χ3n) is 8.01. The first-order valence-corrected chi connectivity index (χ1v) is 17.0. The second kappa shape index (κ2) is 10.1. The van der Waals surface area contributed by atoms with Crippen LogP contribution in [-0.4, -0.2) is 61.6 Å². The van der Waals surface area contributed by atoms with Gasteiger partial charge in [-0.05, 0) is 68.3 Å². The lowest BCUT2D eigenvalue weighted by atomic mass is 9.71. The van der Waals surface area contributed by atoms with Gasteiger partial charge in [0.15, 0.2) is 20.6 Å². The maximum Gasteiger partial charge on any atom is 0.335 e. The molecule has 0 spiro atoms. The van der Waals surface area contributed by atoms with Crippen LogP contribution in [0.5, 0.6) is 5.75 Å². The number of hydrogen-bond acceptors (Lipinski definition) is 6. The van der Waals surface area contributed by atoms with E-state index in [0.717, 1.165) is 16.6 Å². The van der Waals surface area contributed by atoms with Crippen molar-refractivity contribution in [2.45, 2.75) is 91.1 Å². The Kier molecular flexibility index (Phi) is 7.26. The van der Waals surface area contributed by atoms with Crippen LogP contribution in [-0.2, 0) is 19.3 Å². The Labute approximate surface area is 243 Å². The summed E-state index contributed by atoms with van der Waals surface area (Å²) in [6, 6.07) is 10.4. The molecule has 41 heavy (non-hydrogen) atoms. The zero-order valence-electron chi connectivity index (χ0n) is 25.4. The summed E-state index contributed by atoms with van der Waals surface area (Å²) in [6.45, 7) is 19.0. The average Bonchev–Trinajstić information content (AvgIpc) is 3.41. The standard InChI is InChI=1S/C32H41NO7Si/c1-30(2,3)28(40-41(8)9)26-23(38-32(6,7)39-26)16-37-18-11-13-19-21(15-18)31(4,5)27-24(25(19)34)20-12-10-17(29(35)36)14-22(20)33-27/h10-15,23,26,28,33,41H,16H2,1-9H3,(H,35,36). The van der Waals surface area contributed by atoms with E-state index < -0.39 is 26.2 Å². The smallest absolute Gasteiger partial charge is 0.335 e. The molecule has 0 radical (unpaired) electrons. The topological polar surface area (TPSA) is 107 Å². The lowest BCUT2D eigenvalue weighted by molar-refractivity contribution is -0.160. The monoisotopic (exact) mass is 579 g/mol. The van der Waals surface area contributed by atoms with Gasteiger partial charge in [0.1, 0.15) is 24.6 Å². The van der Waals surface area contributed by atoms with E-state index in [9.17, 15) is 14.7 Å². The minimum Gasteiger partial charge on any atom is -0.491 e. The second-order valence-corrected chi connectivity index (χ2v) is 15.9. The van der Waals surface area contributed by atoms with Crippen molar-refractivity contribution in [2.24, 2.45) is 5.41 Å². The molecular weight excluding hydrogens is 538 g/mol. The van der Waals surface area contributed by atoms with Crippen molar-refractivity contribution in [1.29, 1.82) is 0 Å². The molecule has 2 N–H and O–H groups in total. The quantitative estimate of drug-likeness (QED) is 0.328. The van der Waals surface area contributed by atoms with Gasteiger partial charge in [-0.2, -0.15) is 0 Å². The summed E-state index contributed by atoms with van der Waals surface area (Å²) < 4.78 is 25.5. The van der Waals surface area contributed by atoms with Gasteiger partial charge in [-0.1, -0.05) is 40.7 Å². The minimum atomic E-state index is -1.36. The van der Waals surface area contributed by atoms with Crippen LogP contribution in [0.2, 0.25) is 13.1 Å². The normalized spacial score (nSPS) is 22.0. The SMILES string of the molecule is C[SiH](C)OC(C1OC(C)(C)OC1COc1ccc2c(c1)C(C)(C)c1[nH]c3cc(C(=O)O)ccc3c1C2=O)C(C)(C)C. The molecule has 0 amide bonds. The zero-order chi connectivity index (χ0) is 30.1. The Balaban J connectivity index is 1.44. The number of rotatable bonds is 7. The molecule has 5 rings (SSSR count). The molecule has 2 aromatic carbocycles. The molecule has 1 aliphatic carbocycles. The first kappa shape index (κ1) is 29.5. The molecule has 1 fully saturated rings. The Morgan fingerprint density at radius 3 is 2.44 bits per heavy atom. The molecule has 2 aliphatic rings. The predicted molar refractivity (Wildman–Crippen MR) is 160 cm³/mol. The molecule has 1 aliphatic heterocycles. The fourth-order valence-corrected chi connectivity index (χ4v) is 7.28. The molecule has 1 aromatic heterocycles. The number of carbonyl (C=O) groups excluding carboxylic acids is 1. The fourth-order valence-electron chi connectivity index (χ4n) is 6.13. The van der Waals surface area contributed by atoms with Crippen LogP contribution >= 0.6 is 0 Å². The van der Waals surface area contributed by atoms with Gasteiger partial charge < -0.3 is 28.7 Å². The minimum absolute atomic E-state index is 0.0902. The number of aromatic carboxylic acids is 1. The highest BCUT2D eigenvalue weighted by Crippen LogP contribution is 2.45. The third kappa shape index (κ3) is 5.36. The zero-order valence-corrected chi connectivity index (χ0v) is 26.5. The van der Waals surface area contributed by atoms with Crippen LogP contribution in [0, 0.1) is 5.41 Å². The molecule has 8 nitrogen and oxygen atoms in total. The Hall–Kier alpha value is -2.98. The van der Waals surface area contributed by atoms with Gasteiger partial charge in [0.25, 0.3) is 0 Å². The number of ketones is 1. The van der Waals surface area contributed by atoms with Crippen LogP contribution in [0.25, 0.3) is 10.9 Å². The number of hydrogen-bond donors (Lipinski definition) is 2. The molecule has 0 saturated carbocycles. The number of benzene rings is 2. The maximum absolute atomic E-state index is 13.7. The van der Waals surface area contributed by atoms with Crippen LogP contribution in [0.3, 0.4) is 0 Å². The number of nitrogens with one attached hydrogen (secondary N) is 1. The maximum atomic E-state index is 13.7. The molecule has 3 aromatic rings. The van der Waals surface area contributed by atoms with E-state index in [-0.39, 0.29) is 41.7 Å². The average molecular weight is 580 g/mol. The molecule has 0 bridgehead atoms. The van der Waals surface area contributed by atoms with E-state index in [1.165, 1.54) is 6.07 Å². The van der Waals surface area contributed by atoms with Crippen molar-refractivity contribution in [3.8, 4) is 5.75 Å². The first-order chi connectivity index (χ1) is 19.0. The lowest BCUT2D eigenvalue weighted by Crippen LogP contribution is -2.48. The van der Waals surface area contributed by atoms with Crippen LogP contribution in [0.4, 0.5) is 0 Å². The summed E-state index contributed by atoms with van der Waals surface area (Å²) in [5.41, 5.74) is 2.92. The number of aromatic amines is 1. The van der Waals surface area contributed by atoms with E-state index in [0.29, 0.717) is 22.4 Å². The first-order valence-electron chi connectivity index (χ1n) is 14.2. The fraction of sp³-hybridized carbons (Fsp3) is 0.500. The van der Waals surface area contributed by atoms with Crippen molar-refractivity contribution < 1.29 is 33.3 Å². The van der Waals surface area contributed by atoms with Crippen LogP contribution in [0.15, 0.2) is 36.4 Å². The van der Waals surface area contributed by atoms with Crippen molar-refractivity contribution in [3.05, 3.63) is 64.3 Å². The van der Waals surface area contributed by atoms with Gasteiger partial charge in [-0.15, -0.1) is 0 Å². The van der Waals surface area contributed by atoms with E-state index in [4.69, 9.17) is 18.6 Å². The number of H-pyrrole nitrogens is 1. The number of aromatic nitrogens is 1. The number of fused-ring (bicyclic) bond motifs is 4. The lowest BCUT2D eigenvalue weighted by Gasteiger charge is -2.38. The highest BCUT2D eigenvalue weighted by atomic mass is 28.3. The summed E-state index contributed by atoms with van der Waals surface area (Å²) in [5, 5.41) is 10.2. The van der Waals surface area contributed by atoms with Gasteiger partial charge in [0.05, 0.1) is 17.2 Å². The molecule has 9 heteroatoms. The largest absolute Gasteiger partial charge is 0.491 e. The Bertz CT molecular complexity index is 1510. The molecule has 3 unspecified atom stereocenters. The van der Waals surface area contributed by atoms with Gasteiger partial charge in [0.2, 0.25) is 0 Å². The number of carbonyl (C=O) groups is 2. The second-order valence-electron chi connectivity index (χ2n) is 13.5. The molecule has 2 heterocycles. The number of ether oxygens (including phenoxy) is 3. The number of carboxylic acids is 1. The van der Waals surface area contributed by atoms with Crippen LogP contribution < -0.4 is 4.74 Å². The van der Waals surface area contributed by atoms with Gasteiger partial charge in [-0.3, -0.25) is 4.79 Å². The van der Waals surface area contributed by atoms with Crippen LogP contribution in [0.1, 0.15) is 86.0 Å². The summed E-state index contributed by atoms with van der Waals surface area (Å²) in [6.07, 6.45) is -0.775. The van der Waals surface area contributed by atoms with Crippen molar-refractivity contribution in [3.63, 3.8) is 0 Å². The van der Waals surface area contributed by atoms with Gasteiger partial charge in [0, 0.05) is 27.6 Å². The number of carboxylic acid groups (broad SMARTS) is 1. The van der Waals surface area contributed by atoms with E-state index in [1.54, 1.807) is 12.1 Å². The van der Waals surface area contributed by atoms with Gasteiger partial charge >= 0.3 is 5.97 Å². The summed E-state index contributed by atoms with van der Waals surface area (Å²) >= 11 is 0. The molecule has 1 saturated heterocycles. The highest BCUT2D eigenvalue weighted by Gasteiger charge is 2.49. The summed E-state index contributed by atoms with van der Waals surface area (Å²) in [5.74, 6) is -1.23. The molecule has 220 valence electrons. The van der Waals surface area contributed by atoms with E-state index in [1.807, 2.05) is 32.0 Å². The van der Waals surface area contributed by atoms with Crippen molar-refractivity contribution >= 4 is 31.7 Å². The highest BCUT2D eigenvalue weighted by molar-refractivity contribution is 6.48. The molecule has 3 atom stereocenters. The Morgan fingerprint density at radius 1 is 1.10 bits per heavy atom. The molecular formula is C32H41NO7Si.